The number of ether oxygens (including phenoxy) is 1. The van der Waals surface area contributed by atoms with Gasteiger partial charge in [-0.15, -0.1) is 0 Å². The molecule has 0 bridgehead atoms. The van der Waals surface area contributed by atoms with Gasteiger partial charge in [-0.25, -0.2) is 0 Å². The normalized spacial score (nSPS) is 23.5. The number of amides is 1. The summed E-state index contributed by atoms with van der Waals surface area (Å²) in [4.78, 5) is 14.0. The van der Waals surface area contributed by atoms with Crippen molar-refractivity contribution in [3.05, 3.63) is 0 Å². The second kappa shape index (κ2) is 4.94. The van der Waals surface area contributed by atoms with Crippen LogP contribution in [0, 0.1) is 0 Å². The Bertz CT molecular complexity index is 223. The Morgan fingerprint density at radius 2 is 2.00 bits per heavy atom. The van der Waals surface area contributed by atoms with E-state index in [0.29, 0.717) is 0 Å². The molecule has 1 aliphatic heterocycles. The highest BCUT2D eigenvalue weighted by atomic mass is 16.5. The predicted molar refractivity (Wildman–Crippen MR) is 59.7 cm³/mol. The van der Waals surface area contributed by atoms with Crippen molar-refractivity contribution in [2.45, 2.75) is 38.3 Å². The summed E-state index contributed by atoms with van der Waals surface area (Å²) in [5.74, 6) is -0.00967. The van der Waals surface area contributed by atoms with E-state index in [1.165, 1.54) is 0 Å². The third-order valence-corrected chi connectivity index (χ3v) is 3.24. The lowest BCUT2D eigenvalue weighted by molar-refractivity contribution is -0.132. The van der Waals surface area contributed by atoms with Gasteiger partial charge in [0.25, 0.3) is 0 Å². The van der Waals surface area contributed by atoms with Gasteiger partial charge in [-0.3, -0.25) is 4.79 Å². The number of nitrogens with one attached hydrogen (secondary N) is 1. The molecule has 1 atom stereocenters. The first kappa shape index (κ1) is 12.5. The number of nitrogens with zero attached hydrogens (tertiary/aromatic N) is 1. The maximum absolute atomic E-state index is 11.7. The third-order valence-electron chi connectivity index (χ3n) is 3.24. The van der Waals surface area contributed by atoms with Crippen LogP contribution < -0.4 is 5.32 Å². The van der Waals surface area contributed by atoms with E-state index in [-0.39, 0.29) is 17.6 Å². The molecule has 0 saturated carbocycles. The highest BCUT2D eigenvalue weighted by molar-refractivity contribution is 5.81. The minimum atomic E-state index is -0.360. The number of rotatable bonds is 3. The molecule has 4 heteroatoms. The van der Waals surface area contributed by atoms with Gasteiger partial charge >= 0.3 is 0 Å². The number of hydrogen-bond donors (Lipinski definition) is 1. The van der Waals surface area contributed by atoms with Crippen molar-refractivity contribution >= 4 is 5.91 Å². The molecule has 1 aliphatic rings. The molecule has 1 N–H and O–H groups in total. The topological polar surface area (TPSA) is 41.6 Å². The molecule has 4 nitrogen and oxygen atoms in total. The largest absolute Gasteiger partial charge is 0.372 e. The molecular formula is C11H22N2O2. The first-order valence-corrected chi connectivity index (χ1v) is 5.50. The zero-order valence-corrected chi connectivity index (χ0v) is 10.2. The molecule has 15 heavy (non-hydrogen) atoms. The van der Waals surface area contributed by atoms with Gasteiger partial charge in [0.15, 0.2) is 0 Å². The Balaban J connectivity index is 2.46. The standard InChI is InChI=1S/C11H22N2O2/c1-9(15-4)10(14)12-11(2)5-7-13(3)8-6-11/h9H,5-8H2,1-4H3,(H,12,14). The van der Waals surface area contributed by atoms with Crippen LogP contribution in [0.4, 0.5) is 0 Å². The SMILES string of the molecule is COC(C)C(=O)NC1(C)CCN(C)CC1. The van der Waals surface area contributed by atoms with Crippen molar-refractivity contribution in [1.29, 1.82) is 0 Å². The lowest BCUT2D eigenvalue weighted by atomic mass is 9.89. The molecule has 1 saturated heterocycles. The van der Waals surface area contributed by atoms with Gasteiger partial charge in [-0.2, -0.15) is 0 Å². The minimum absolute atomic E-state index is 0.00967. The van der Waals surface area contributed by atoms with Crippen LogP contribution in [0.1, 0.15) is 26.7 Å². The number of carbonyl (C=O) groups is 1. The van der Waals surface area contributed by atoms with Crippen molar-refractivity contribution in [2.75, 3.05) is 27.2 Å². The first-order chi connectivity index (χ1) is 6.97. The van der Waals surface area contributed by atoms with Crippen molar-refractivity contribution in [3.8, 4) is 0 Å². The van der Waals surface area contributed by atoms with E-state index in [1.807, 2.05) is 0 Å². The highest BCUT2D eigenvalue weighted by Gasteiger charge is 2.31. The van der Waals surface area contributed by atoms with E-state index in [9.17, 15) is 4.79 Å². The number of methoxy groups -OCH3 is 1. The zero-order chi connectivity index (χ0) is 11.5. The Morgan fingerprint density at radius 1 is 1.47 bits per heavy atom. The number of piperidine rings is 1. The molecule has 1 heterocycles. The third kappa shape index (κ3) is 3.47. The van der Waals surface area contributed by atoms with Gasteiger partial charge in [-0.05, 0) is 33.7 Å². The maximum atomic E-state index is 11.7. The molecule has 88 valence electrons. The van der Waals surface area contributed by atoms with Crippen molar-refractivity contribution < 1.29 is 9.53 Å². The monoisotopic (exact) mass is 214 g/mol. The van der Waals surface area contributed by atoms with E-state index in [4.69, 9.17) is 4.74 Å². The Labute approximate surface area is 92.0 Å². The van der Waals surface area contributed by atoms with Crippen LogP contribution in [0.2, 0.25) is 0 Å². The van der Waals surface area contributed by atoms with E-state index >= 15 is 0 Å². The molecule has 0 radical (unpaired) electrons. The van der Waals surface area contributed by atoms with Crippen molar-refractivity contribution in [1.82, 2.24) is 10.2 Å². The van der Waals surface area contributed by atoms with Gasteiger partial charge in [0.05, 0.1) is 0 Å². The van der Waals surface area contributed by atoms with Crippen LogP contribution in [0.25, 0.3) is 0 Å². The fraction of sp³-hybridized carbons (Fsp3) is 0.909. The van der Waals surface area contributed by atoms with Crippen LogP contribution >= 0.6 is 0 Å². The number of likely N-dealkylation sites (tertiary alicyclic amines) is 1. The van der Waals surface area contributed by atoms with Gasteiger partial charge in [-0.1, -0.05) is 0 Å². The average Bonchev–Trinajstić information content (AvgIpc) is 2.21. The Kier molecular flexibility index (Phi) is 4.11. The first-order valence-electron chi connectivity index (χ1n) is 5.50. The lowest BCUT2D eigenvalue weighted by Gasteiger charge is -2.39. The summed E-state index contributed by atoms with van der Waals surface area (Å²) in [6.07, 6.45) is 1.65. The summed E-state index contributed by atoms with van der Waals surface area (Å²) in [6.45, 7) is 5.96. The summed E-state index contributed by atoms with van der Waals surface area (Å²) in [6, 6.07) is 0. The average molecular weight is 214 g/mol. The molecule has 1 amide bonds. The quantitative estimate of drug-likeness (QED) is 0.749. The van der Waals surface area contributed by atoms with Gasteiger partial charge in [0.2, 0.25) is 5.91 Å². The van der Waals surface area contributed by atoms with Crippen LogP contribution in [-0.2, 0) is 9.53 Å². The van der Waals surface area contributed by atoms with Crippen LogP contribution in [-0.4, -0.2) is 49.7 Å². The molecular weight excluding hydrogens is 192 g/mol. The second-order valence-corrected chi connectivity index (χ2v) is 4.73. The summed E-state index contributed by atoms with van der Waals surface area (Å²) in [7, 11) is 3.67. The number of carbonyl (C=O) groups excluding carboxylic acids is 1. The maximum Gasteiger partial charge on any atom is 0.249 e. The predicted octanol–water partition coefficient (Wildman–Crippen LogP) is 0.622. The minimum Gasteiger partial charge on any atom is -0.372 e. The molecule has 0 aromatic heterocycles. The van der Waals surface area contributed by atoms with Crippen molar-refractivity contribution in [3.63, 3.8) is 0 Å². The zero-order valence-electron chi connectivity index (χ0n) is 10.2. The summed E-state index contributed by atoms with van der Waals surface area (Å²) >= 11 is 0. The molecule has 0 aromatic carbocycles. The second-order valence-electron chi connectivity index (χ2n) is 4.73. The van der Waals surface area contributed by atoms with Gasteiger partial charge < -0.3 is 15.0 Å². The molecule has 1 rings (SSSR count). The smallest absolute Gasteiger partial charge is 0.249 e. The van der Waals surface area contributed by atoms with Crippen LogP contribution in [0.15, 0.2) is 0 Å². The van der Waals surface area contributed by atoms with E-state index in [0.717, 1.165) is 25.9 Å². The van der Waals surface area contributed by atoms with Crippen molar-refractivity contribution in [2.24, 2.45) is 0 Å². The lowest BCUT2D eigenvalue weighted by Crippen LogP contribution is -2.54. The molecule has 0 aliphatic carbocycles. The summed E-state index contributed by atoms with van der Waals surface area (Å²) in [5.41, 5.74) is -0.0591. The van der Waals surface area contributed by atoms with Crippen LogP contribution in [0.5, 0.6) is 0 Å². The Morgan fingerprint density at radius 3 is 2.47 bits per heavy atom. The van der Waals surface area contributed by atoms with E-state index in [2.05, 4.69) is 24.2 Å². The number of hydrogen-bond acceptors (Lipinski definition) is 3. The Hall–Kier alpha value is -0.610. The fourth-order valence-electron chi connectivity index (χ4n) is 1.74. The summed E-state index contributed by atoms with van der Waals surface area (Å²) < 4.78 is 5.00. The van der Waals surface area contributed by atoms with Gasteiger partial charge in [0.1, 0.15) is 6.10 Å². The fourth-order valence-corrected chi connectivity index (χ4v) is 1.74. The molecule has 0 aromatic rings. The summed E-state index contributed by atoms with van der Waals surface area (Å²) in [5, 5.41) is 3.08. The molecule has 1 fully saturated rings. The highest BCUT2D eigenvalue weighted by Crippen LogP contribution is 2.20. The van der Waals surface area contributed by atoms with E-state index < -0.39 is 0 Å². The molecule has 0 spiro atoms. The van der Waals surface area contributed by atoms with E-state index in [1.54, 1.807) is 14.0 Å². The molecule has 1 unspecified atom stereocenters. The van der Waals surface area contributed by atoms with Crippen LogP contribution in [0.3, 0.4) is 0 Å². The van der Waals surface area contributed by atoms with Gasteiger partial charge in [0, 0.05) is 25.7 Å².